The maximum absolute atomic E-state index is 12.0. The third-order valence-electron chi connectivity index (χ3n) is 2.69. The summed E-state index contributed by atoms with van der Waals surface area (Å²) in [6, 6.07) is 1.04. The Labute approximate surface area is 117 Å². The predicted octanol–water partition coefficient (Wildman–Crippen LogP) is 2.69. The second kappa shape index (κ2) is 7.02. The van der Waals surface area contributed by atoms with E-state index >= 15 is 0 Å². The van der Waals surface area contributed by atoms with Crippen molar-refractivity contribution < 1.29 is 18.3 Å². The molecule has 0 saturated heterocycles. The molecule has 1 heterocycles. The maximum Gasteiger partial charge on any atom is 0.345 e. The van der Waals surface area contributed by atoms with Crippen LogP contribution in [-0.4, -0.2) is 25.5 Å². The molecule has 0 bridgehead atoms. The fraction of sp³-hybridized carbons (Fsp3) is 0.583. The van der Waals surface area contributed by atoms with Crippen LogP contribution in [0.5, 0.6) is 0 Å². The van der Waals surface area contributed by atoms with Crippen molar-refractivity contribution in [2.45, 2.75) is 50.5 Å². The van der Waals surface area contributed by atoms with Gasteiger partial charge in [0.25, 0.3) is 0 Å². The second-order valence-electron chi connectivity index (χ2n) is 4.47. The van der Waals surface area contributed by atoms with Crippen molar-refractivity contribution in [3.63, 3.8) is 0 Å². The molecule has 0 amide bonds. The number of rotatable bonds is 8. The highest BCUT2D eigenvalue weighted by Crippen LogP contribution is 2.19. The number of carboxylic acids is 1. The molecule has 5 nitrogen and oxygen atoms in total. The molecule has 1 aromatic heterocycles. The lowest BCUT2D eigenvalue weighted by Gasteiger charge is -2.13. The van der Waals surface area contributed by atoms with E-state index in [1.807, 2.05) is 6.92 Å². The average molecular weight is 305 g/mol. The number of hydrogen-bond donors (Lipinski definition) is 2. The van der Waals surface area contributed by atoms with Crippen molar-refractivity contribution in [2.24, 2.45) is 0 Å². The highest BCUT2D eigenvalue weighted by Gasteiger charge is 2.20. The van der Waals surface area contributed by atoms with Gasteiger partial charge in [-0.15, -0.1) is 11.3 Å². The number of carboxylic acid groups (broad SMARTS) is 1. The summed E-state index contributed by atoms with van der Waals surface area (Å²) in [6.45, 7) is 3.91. The van der Waals surface area contributed by atoms with Crippen LogP contribution in [0.2, 0.25) is 0 Å². The van der Waals surface area contributed by atoms with Crippen LogP contribution in [0.25, 0.3) is 0 Å². The Bertz CT molecular complexity index is 522. The first-order valence-electron chi connectivity index (χ1n) is 6.21. The van der Waals surface area contributed by atoms with Gasteiger partial charge in [-0.3, -0.25) is 0 Å². The Hall–Kier alpha value is -0.920. The van der Waals surface area contributed by atoms with Gasteiger partial charge >= 0.3 is 5.97 Å². The van der Waals surface area contributed by atoms with Gasteiger partial charge in [0, 0.05) is 11.4 Å². The molecule has 0 aliphatic carbocycles. The molecule has 1 unspecified atom stereocenters. The van der Waals surface area contributed by atoms with Gasteiger partial charge in [-0.2, -0.15) is 0 Å². The Kier molecular flexibility index (Phi) is 5.96. The largest absolute Gasteiger partial charge is 0.477 e. The van der Waals surface area contributed by atoms with Crippen LogP contribution in [-0.2, 0) is 10.0 Å². The van der Waals surface area contributed by atoms with Crippen LogP contribution in [0, 0.1) is 0 Å². The number of thiophene rings is 1. The number of hydrogen-bond acceptors (Lipinski definition) is 4. The first-order valence-corrected chi connectivity index (χ1v) is 8.57. The zero-order valence-corrected chi connectivity index (χ0v) is 12.7. The van der Waals surface area contributed by atoms with E-state index < -0.39 is 16.0 Å². The molecule has 1 rings (SSSR count). The summed E-state index contributed by atoms with van der Waals surface area (Å²) in [5.41, 5.74) is 0. The number of sulfonamides is 1. The number of nitrogens with one attached hydrogen (secondary N) is 1. The minimum Gasteiger partial charge on any atom is -0.477 e. The first-order chi connectivity index (χ1) is 8.86. The van der Waals surface area contributed by atoms with Crippen LogP contribution >= 0.6 is 11.3 Å². The molecule has 7 heteroatoms. The van der Waals surface area contributed by atoms with Gasteiger partial charge in [0.05, 0.1) is 4.90 Å². The summed E-state index contributed by atoms with van der Waals surface area (Å²) < 4.78 is 26.6. The van der Waals surface area contributed by atoms with Gasteiger partial charge in [0.15, 0.2) is 0 Å². The topological polar surface area (TPSA) is 83.5 Å². The van der Waals surface area contributed by atoms with Crippen molar-refractivity contribution >= 4 is 27.3 Å². The average Bonchev–Trinajstić information content (AvgIpc) is 2.78. The summed E-state index contributed by atoms with van der Waals surface area (Å²) in [5, 5.41) is 10.1. The lowest BCUT2D eigenvalue weighted by atomic mass is 10.1. The summed E-state index contributed by atoms with van der Waals surface area (Å²) in [7, 11) is -3.61. The standard InChI is InChI=1S/C12H19NO4S2/c1-3-4-5-6-9(2)13-19(16,17)10-7-11(12(14)15)18-8-10/h7-9,13H,3-6H2,1-2H3,(H,14,15). The zero-order valence-electron chi connectivity index (χ0n) is 11.0. The lowest BCUT2D eigenvalue weighted by molar-refractivity contribution is 0.0702. The zero-order chi connectivity index (χ0) is 14.5. The van der Waals surface area contributed by atoms with Gasteiger partial charge in [-0.25, -0.2) is 17.9 Å². The van der Waals surface area contributed by atoms with Gasteiger partial charge in [-0.05, 0) is 19.4 Å². The van der Waals surface area contributed by atoms with Crippen molar-refractivity contribution in [3.05, 3.63) is 16.3 Å². The predicted molar refractivity (Wildman–Crippen MR) is 75.2 cm³/mol. The van der Waals surface area contributed by atoms with E-state index in [1.54, 1.807) is 0 Å². The van der Waals surface area contributed by atoms with Gasteiger partial charge < -0.3 is 5.11 Å². The molecular weight excluding hydrogens is 286 g/mol. The molecule has 1 atom stereocenters. The third kappa shape index (κ3) is 4.93. The van der Waals surface area contributed by atoms with Crippen molar-refractivity contribution in [3.8, 4) is 0 Å². The quantitative estimate of drug-likeness (QED) is 0.723. The third-order valence-corrected chi connectivity index (χ3v) is 5.33. The van der Waals surface area contributed by atoms with E-state index in [1.165, 1.54) is 11.4 Å². The number of unbranched alkanes of at least 4 members (excludes halogenated alkanes) is 2. The minimum atomic E-state index is -3.61. The smallest absolute Gasteiger partial charge is 0.345 e. The molecule has 19 heavy (non-hydrogen) atoms. The molecule has 0 saturated carbocycles. The fourth-order valence-corrected chi connectivity index (χ4v) is 4.05. The molecule has 0 aliphatic rings. The van der Waals surface area contributed by atoms with Crippen molar-refractivity contribution in [2.75, 3.05) is 0 Å². The monoisotopic (exact) mass is 305 g/mol. The highest BCUT2D eigenvalue weighted by atomic mass is 32.2. The number of aromatic carboxylic acids is 1. The first kappa shape index (κ1) is 16.1. The minimum absolute atomic E-state index is 0.0252. The van der Waals surface area contributed by atoms with Crippen molar-refractivity contribution in [1.29, 1.82) is 0 Å². The molecule has 0 spiro atoms. The fourth-order valence-electron chi connectivity index (χ4n) is 1.66. The molecule has 0 radical (unpaired) electrons. The summed E-state index contributed by atoms with van der Waals surface area (Å²) in [5.74, 6) is -1.11. The summed E-state index contributed by atoms with van der Waals surface area (Å²) in [4.78, 5) is 10.8. The number of carbonyl (C=O) groups is 1. The van der Waals surface area contributed by atoms with E-state index in [4.69, 9.17) is 5.11 Å². The van der Waals surface area contributed by atoms with E-state index in [9.17, 15) is 13.2 Å². The van der Waals surface area contributed by atoms with Gasteiger partial charge in [0.2, 0.25) is 10.0 Å². The maximum atomic E-state index is 12.0. The van der Waals surface area contributed by atoms with Crippen LogP contribution in [0.4, 0.5) is 0 Å². The van der Waals surface area contributed by atoms with E-state index in [2.05, 4.69) is 11.6 Å². The van der Waals surface area contributed by atoms with E-state index in [0.29, 0.717) is 0 Å². The van der Waals surface area contributed by atoms with Crippen LogP contribution < -0.4 is 4.72 Å². The van der Waals surface area contributed by atoms with Gasteiger partial charge in [-0.1, -0.05) is 26.2 Å². The van der Waals surface area contributed by atoms with Crippen LogP contribution in [0.1, 0.15) is 49.2 Å². The molecule has 0 fully saturated rings. The lowest BCUT2D eigenvalue weighted by Crippen LogP contribution is -2.32. The Morgan fingerprint density at radius 2 is 2.16 bits per heavy atom. The normalized spacial score (nSPS) is 13.4. The molecule has 0 aliphatic heterocycles. The van der Waals surface area contributed by atoms with Crippen molar-refractivity contribution in [1.82, 2.24) is 4.72 Å². The van der Waals surface area contributed by atoms with Crippen LogP contribution in [0.15, 0.2) is 16.3 Å². The molecular formula is C12H19NO4S2. The van der Waals surface area contributed by atoms with E-state index in [-0.39, 0.29) is 15.8 Å². The Balaban J connectivity index is 2.66. The molecule has 108 valence electrons. The van der Waals surface area contributed by atoms with Crippen LogP contribution in [0.3, 0.4) is 0 Å². The van der Waals surface area contributed by atoms with E-state index in [0.717, 1.165) is 37.0 Å². The molecule has 0 aromatic carbocycles. The Morgan fingerprint density at radius 3 is 2.68 bits per heavy atom. The second-order valence-corrected chi connectivity index (χ2v) is 7.10. The van der Waals surface area contributed by atoms with Gasteiger partial charge in [0.1, 0.15) is 4.88 Å². The highest BCUT2D eigenvalue weighted by molar-refractivity contribution is 7.89. The Morgan fingerprint density at radius 1 is 1.47 bits per heavy atom. The summed E-state index contributed by atoms with van der Waals surface area (Å²) >= 11 is 0.914. The molecule has 1 aromatic rings. The molecule has 2 N–H and O–H groups in total. The summed E-state index contributed by atoms with van der Waals surface area (Å²) in [6.07, 6.45) is 3.92. The SMILES string of the molecule is CCCCCC(C)NS(=O)(=O)c1csc(C(=O)O)c1.